The van der Waals surface area contributed by atoms with Gasteiger partial charge in [-0.05, 0) is 30.7 Å². The molecule has 0 fully saturated rings. The summed E-state index contributed by atoms with van der Waals surface area (Å²) in [5.74, 6) is -3.34. The first-order chi connectivity index (χ1) is 7.54. The second-order valence-electron chi connectivity index (χ2n) is 2.92. The molecule has 0 unspecified atom stereocenters. The van der Waals surface area contributed by atoms with Crippen LogP contribution < -0.4 is 4.74 Å². The molecule has 0 aliphatic rings. The summed E-state index contributed by atoms with van der Waals surface area (Å²) in [5.41, 5.74) is 0.126. The zero-order chi connectivity index (χ0) is 12.1. The molecule has 3 nitrogen and oxygen atoms in total. The van der Waals surface area contributed by atoms with Gasteiger partial charge in [0, 0.05) is 6.08 Å². The summed E-state index contributed by atoms with van der Waals surface area (Å²) in [7, 11) is 0. The Hall–Kier alpha value is -1.91. The number of carboxylic acids is 1. The summed E-state index contributed by atoms with van der Waals surface area (Å²) in [4.78, 5) is 10.2. The zero-order valence-electron chi connectivity index (χ0n) is 8.54. The third-order valence-corrected chi connectivity index (χ3v) is 1.73. The molecule has 86 valence electrons. The highest BCUT2D eigenvalue weighted by molar-refractivity contribution is 5.85. The van der Waals surface area contributed by atoms with Gasteiger partial charge in [0.25, 0.3) is 0 Å². The Kier molecular flexibility index (Phi) is 3.99. The first-order valence-electron chi connectivity index (χ1n) is 4.57. The highest BCUT2D eigenvalue weighted by atomic mass is 19.1. The second kappa shape index (κ2) is 5.25. The molecule has 0 spiro atoms. The number of hydrogen-bond donors (Lipinski definition) is 1. The molecule has 0 radical (unpaired) electrons. The molecule has 1 aromatic rings. The van der Waals surface area contributed by atoms with Crippen molar-refractivity contribution in [2.24, 2.45) is 0 Å². The van der Waals surface area contributed by atoms with Crippen molar-refractivity contribution in [1.29, 1.82) is 0 Å². The Morgan fingerprint density at radius 3 is 2.44 bits per heavy atom. The minimum atomic E-state index is -1.19. The third kappa shape index (κ3) is 3.05. The summed E-state index contributed by atoms with van der Waals surface area (Å²) in [6.07, 6.45) is 1.90. The molecule has 1 N–H and O–H groups in total. The van der Waals surface area contributed by atoms with Crippen molar-refractivity contribution in [2.75, 3.05) is 6.61 Å². The van der Waals surface area contributed by atoms with Gasteiger partial charge in [-0.1, -0.05) is 0 Å². The highest BCUT2D eigenvalue weighted by Gasteiger charge is 2.11. The number of rotatable bonds is 4. The summed E-state index contributed by atoms with van der Waals surface area (Å²) in [6.45, 7) is 1.76. The predicted octanol–water partition coefficient (Wildman–Crippen LogP) is 2.46. The van der Waals surface area contributed by atoms with E-state index < -0.39 is 23.4 Å². The van der Waals surface area contributed by atoms with Gasteiger partial charge in [0.05, 0.1) is 6.61 Å². The lowest BCUT2D eigenvalue weighted by molar-refractivity contribution is -0.131. The SMILES string of the molecule is CCOc1c(F)cc(C=CC(=O)O)cc1F. The first kappa shape index (κ1) is 12.2. The largest absolute Gasteiger partial charge is 0.488 e. The maximum atomic E-state index is 13.3. The van der Waals surface area contributed by atoms with Gasteiger partial charge in [-0.15, -0.1) is 0 Å². The average Bonchev–Trinajstić information content (AvgIpc) is 2.20. The number of halogens is 2. The third-order valence-electron chi connectivity index (χ3n) is 1.73. The smallest absolute Gasteiger partial charge is 0.328 e. The van der Waals surface area contributed by atoms with Crippen molar-refractivity contribution in [3.63, 3.8) is 0 Å². The molecule has 0 amide bonds. The molecule has 5 heteroatoms. The van der Waals surface area contributed by atoms with Crippen molar-refractivity contribution in [2.45, 2.75) is 6.92 Å². The molecule has 1 rings (SSSR count). The average molecular weight is 228 g/mol. The molecule has 0 aliphatic heterocycles. The van der Waals surface area contributed by atoms with E-state index in [2.05, 4.69) is 0 Å². The standard InChI is InChI=1S/C11H10F2O3/c1-2-16-11-8(12)5-7(6-9(11)13)3-4-10(14)15/h3-6H,2H2,1H3,(H,14,15). The van der Waals surface area contributed by atoms with Crippen LogP contribution in [0.5, 0.6) is 5.75 Å². The van der Waals surface area contributed by atoms with Crippen LogP contribution in [0.15, 0.2) is 18.2 Å². The van der Waals surface area contributed by atoms with E-state index in [9.17, 15) is 13.6 Å². The van der Waals surface area contributed by atoms with Crippen LogP contribution in [0.2, 0.25) is 0 Å². The molecule has 0 bridgehead atoms. The van der Waals surface area contributed by atoms with Crippen molar-refractivity contribution in [1.82, 2.24) is 0 Å². The molecule has 1 aromatic carbocycles. The monoisotopic (exact) mass is 228 g/mol. The molecule has 0 aliphatic carbocycles. The number of ether oxygens (including phenoxy) is 1. The van der Waals surface area contributed by atoms with E-state index in [0.29, 0.717) is 0 Å². The molecule has 0 saturated heterocycles. The lowest BCUT2D eigenvalue weighted by atomic mass is 10.2. The molecule has 0 aromatic heterocycles. The van der Waals surface area contributed by atoms with Crippen LogP contribution in [0, 0.1) is 11.6 Å². The van der Waals surface area contributed by atoms with E-state index in [4.69, 9.17) is 9.84 Å². The van der Waals surface area contributed by atoms with Gasteiger partial charge in [-0.25, -0.2) is 13.6 Å². The lowest BCUT2D eigenvalue weighted by Crippen LogP contribution is -1.98. The summed E-state index contributed by atoms with van der Waals surface area (Å²) in [5, 5.41) is 8.35. The lowest BCUT2D eigenvalue weighted by Gasteiger charge is -2.06. The Morgan fingerprint density at radius 1 is 1.44 bits per heavy atom. The van der Waals surface area contributed by atoms with Gasteiger partial charge >= 0.3 is 5.97 Å². The van der Waals surface area contributed by atoms with Crippen LogP contribution in [-0.4, -0.2) is 17.7 Å². The molecule has 0 atom stereocenters. The number of carboxylic acid groups (broad SMARTS) is 1. The molecular formula is C11H10F2O3. The van der Waals surface area contributed by atoms with Crippen LogP contribution in [0.25, 0.3) is 6.08 Å². The van der Waals surface area contributed by atoms with Crippen LogP contribution in [0.3, 0.4) is 0 Å². The van der Waals surface area contributed by atoms with Gasteiger partial charge in [0.2, 0.25) is 0 Å². The van der Waals surface area contributed by atoms with Gasteiger partial charge < -0.3 is 9.84 Å². The highest BCUT2D eigenvalue weighted by Crippen LogP contribution is 2.23. The zero-order valence-corrected chi connectivity index (χ0v) is 8.54. The molecule has 0 saturated carbocycles. The Morgan fingerprint density at radius 2 is 2.00 bits per heavy atom. The molecular weight excluding hydrogens is 218 g/mol. The van der Waals surface area contributed by atoms with Crippen LogP contribution in [0.1, 0.15) is 12.5 Å². The summed E-state index contributed by atoms with van der Waals surface area (Å²) in [6, 6.07) is 2.01. The number of carbonyl (C=O) groups is 1. The quantitative estimate of drug-likeness (QED) is 0.805. The van der Waals surface area contributed by atoms with Gasteiger partial charge in [-0.2, -0.15) is 0 Å². The van der Waals surface area contributed by atoms with Crippen molar-refractivity contribution in [3.05, 3.63) is 35.4 Å². The first-order valence-corrected chi connectivity index (χ1v) is 4.57. The normalized spacial score (nSPS) is 10.7. The van der Waals surface area contributed by atoms with Crippen LogP contribution >= 0.6 is 0 Å². The predicted molar refractivity (Wildman–Crippen MR) is 54.2 cm³/mol. The summed E-state index contributed by atoms with van der Waals surface area (Å²) >= 11 is 0. The van der Waals surface area contributed by atoms with Crippen LogP contribution in [0.4, 0.5) is 8.78 Å². The summed E-state index contributed by atoms with van der Waals surface area (Å²) < 4.78 is 31.3. The maximum absolute atomic E-state index is 13.3. The molecule has 0 heterocycles. The fourth-order valence-corrected chi connectivity index (χ4v) is 1.13. The second-order valence-corrected chi connectivity index (χ2v) is 2.92. The minimum absolute atomic E-state index is 0.126. The topological polar surface area (TPSA) is 46.5 Å². The van der Waals surface area contributed by atoms with E-state index in [1.807, 2.05) is 0 Å². The van der Waals surface area contributed by atoms with E-state index in [1.165, 1.54) is 0 Å². The number of hydrogen-bond acceptors (Lipinski definition) is 2. The van der Waals surface area contributed by atoms with Gasteiger partial charge in [-0.3, -0.25) is 0 Å². The van der Waals surface area contributed by atoms with E-state index in [-0.39, 0.29) is 12.2 Å². The van der Waals surface area contributed by atoms with Gasteiger partial charge in [0.15, 0.2) is 17.4 Å². The number of benzene rings is 1. The van der Waals surface area contributed by atoms with Gasteiger partial charge in [0.1, 0.15) is 0 Å². The van der Waals surface area contributed by atoms with Crippen molar-refractivity contribution >= 4 is 12.0 Å². The van der Waals surface area contributed by atoms with Crippen LogP contribution in [-0.2, 0) is 4.79 Å². The maximum Gasteiger partial charge on any atom is 0.328 e. The fourth-order valence-electron chi connectivity index (χ4n) is 1.13. The molecule has 16 heavy (non-hydrogen) atoms. The van der Waals surface area contributed by atoms with E-state index in [1.54, 1.807) is 6.92 Å². The minimum Gasteiger partial charge on any atom is -0.488 e. The van der Waals surface area contributed by atoms with Crippen molar-refractivity contribution < 1.29 is 23.4 Å². The Bertz CT molecular complexity index is 404. The van der Waals surface area contributed by atoms with Crippen molar-refractivity contribution in [3.8, 4) is 5.75 Å². The fraction of sp³-hybridized carbons (Fsp3) is 0.182. The Labute approximate surface area is 91.0 Å². The number of aliphatic carboxylic acids is 1. The van der Waals surface area contributed by atoms with E-state index in [0.717, 1.165) is 24.3 Å². The van der Waals surface area contributed by atoms with E-state index >= 15 is 0 Å². The Balaban J connectivity index is 3.04.